The number of nitriles is 1. The first-order valence-electron chi connectivity index (χ1n) is 5.24. The Balaban J connectivity index is 2.59. The normalized spacial score (nSPS) is 10.0. The number of amides is 1. The number of rotatable bonds is 4. The van der Waals surface area contributed by atoms with Crippen LogP contribution in [0, 0.1) is 11.3 Å². The van der Waals surface area contributed by atoms with Crippen LogP contribution in [0.1, 0.15) is 19.4 Å². The van der Waals surface area contributed by atoms with Gasteiger partial charge in [0.05, 0.1) is 11.3 Å². The second kappa shape index (κ2) is 6.16. The van der Waals surface area contributed by atoms with Crippen LogP contribution in [0.4, 0.5) is 5.69 Å². The Morgan fingerprint density at radius 1 is 1.59 bits per heavy atom. The number of nitrogen functional groups attached to an aromatic ring is 1. The molecule has 1 aromatic rings. The third-order valence-corrected chi connectivity index (χ3v) is 2.96. The quantitative estimate of drug-likeness (QED) is 0.629. The molecule has 3 N–H and O–H groups in total. The summed E-state index contributed by atoms with van der Waals surface area (Å²) in [5.74, 6) is 0.327. The molecule has 0 radical (unpaired) electrons. The Kier molecular flexibility index (Phi) is 4.85. The minimum absolute atomic E-state index is 0.0136. The van der Waals surface area contributed by atoms with Crippen LogP contribution in [-0.4, -0.2) is 17.7 Å². The first kappa shape index (κ1) is 13.4. The van der Waals surface area contributed by atoms with Gasteiger partial charge in [0.2, 0.25) is 5.91 Å². The van der Waals surface area contributed by atoms with Crippen LogP contribution >= 0.6 is 11.8 Å². The molecule has 0 aliphatic heterocycles. The summed E-state index contributed by atoms with van der Waals surface area (Å²) in [6.07, 6.45) is 0. The van der Waals surface area contributed by atoms with Gasteiger partial charge in [-0.05, 0) is 32.0 Å². The standard InChI is InChI=1S/C12H15N3OS/c1-8(2)15-12(16)7-17-10-3-4-11(14)9(5-10)6-13/h3-5,8H,7,14H2,1-2H3,(H,15,16). The summed E-state index contributed by atoms with van der Waals surface area (Å²) in [5.41, 5.74) is 6.52. The molecule has 90 valence electrons. The Morgan fingerprint density at radius 2 is 2.29 bits per heavy atom. The van der Waals surface area contributed by atoms with Crippen molar-refractivity contribution in [3.63, 3.8) is 0 Å². The van der Waals surface area contributed by atoms with Gasteiger partial charge in [-0.25, -0.2) is 0 Å². The number of carbonyl (C=O) groups excluding carboxylic acids is 1. The van der Waals surface area contributed by atoms with Gasteiger partial charge in [0.25, 0.3) is 0 Å². The van der Waals surface area contributed by atoms with Crippen molar-refractivity contribution >= 4 is 23.4 Å². The fourth-order valence-corrected chi connectivity index (χ4v) is 1.98. The highest BCUT2D eigenvalue weighted by Crippen LogP contribution is 2.22. The van der Waals surface area contributed by atoms with Crippen LogP contribution in [-0.2, 0) is 4.79 Å². The summed E-state index contributed by atoms with van der Waals surface area (Å²) in [6.45, 7) is 3.83. The first-order valence-corrected chi connectivity index (χ1v) is 6.23. The van der Waals surface area contributed by atoms with Crippen molar-refractivity contribution in [3.8, 4) is 6.07 Å². The highest BCUT2D eigenvalue weighted by molar-refractivity contribution is 8.00. The lowest BCUT2D eigenvalue weighted by Gasteiger charge is -2.08. The van der Waals surface area contributed by atoms with Crippen molar-refractivity contribution in [1.29, 1.82) is 5.26 Å². The number of anilines is 1. The van der Waals surface area contributed by atoms with Crippen molar-refractivity contribution in [2.45, 2.75) is 24.8 Å². The number of nitrogens with zero attached hydrogens (tertiary/aromatic N) is 1. The van der Waals surface area contributed by atoms with E-state index < -0.39 is 0 Å². The van der Waals surface area contributed by atoms with Crippen molar-refractivity contribution < 1.29 is 4.79 Å². The number of nitrogens with two attached hydrogens (primary N) is 1. The van der Waals surface area contributed by atoms with Gasteiger partial charge < -0.3 is 11.1 Å². The predicted octanol–water partition coefficient (Wildman–Crippen LogP) is 1.76. The highest BCUT2D eigenvalue weighted by atomic mass is 32.2. The minimum atomic E-state index is -0.0136. The monoisotopic (exact) mass is 249 g/mol. The van der Waals surface area contributed by atoms with Crippen molar-refractivity contribution in [3.05, 3.63) is 23.8 Å². The molecule has 0 bridgehead atoms. The molecule has 0 aliphatic rings. The van der Waals surface area contributed by atoms with Gasteiger partial charge in [-0.3, -0.25) is 4.79 Å². The smallest absolute Gasteiger partial charge is 0.230 e. The van der Waals surface area contributed by atoms with Crippen LogP contribution < -0.4 is 11.1 Å². The van der Waals surface area contributed by atoms with E-state index in [2.05, 4.69) is 5.32 Å². The molecule has 1 amide bonds. The van der Waals surface area contributed by atoms with Gasteiger partial charge >= 0.3 is 0 Å². The van der Waals surface area contributed by atoms with E-state index in [9.17, 15) is 4.79 Å². The average Bonchev–Trinajstić information content (AvgIpc) is 2.27. The van der Waals surface area contributed by atoms with Crippen molar-refractivity contribution in [2.75, 3.05) is 11.5 Å². The maximum atomic E-state index is 11.4. The third-order valence-electron chi connectivity index (χ3n) is 1.96. The van der Waals surface area contributed by atoms with E-state index in [0.29, 0.717) is 17.0 Å². The molecular formula is C12H15N3OS. The summed E-state index contributed by atoms with van der Waals surface area (Å²) in [7, 11) is 0. The molecule has 5 heteroatoms. The topological polar surface area (TPSA) is 78.9 Å². The molecule has 0 atom stereocenters. The minimum Gasteiger partial charge on any atom is -0.398 e. The molecule has 0 heterocycles. The van der Waals surface area contributed by atoms with E-state index >= 15 is 0 Å². The maximum Gasteiger partial charge on any atom is 0.230 e. The molecule has 0 aliphatic carbocycles. The lowest BCUT2D eigenvalue weighted by atomic mass is 10.2. The van der Waals surface area contributed by atoms with E-state index in [1.807, 2.05) is 26.0 Å². The van der Waals surface area contributed by atoms with E-state index in [4.69, 9.17) is 11.0 Å². The van der Waals surface area contributed by atoms with Crippen LogP contribution in [0.5, 0.6) is 0 Å². The number of thioether (sulfide) groups is 1. The first-order chi connectivity index (χ1) is 8.02. The summed E-state index contributed by atoms with van der Waals surface area (Å²) < 4.78 is 0. The molecule has 4 nitrogen and oxygen atoms in total. The van der Waals surface area contributed by atoms with Gasteiger partial charge in [-0.1, -0.05) is 0 Å². The fraction of sp³-hybridized carbons (Fsp3) is 0.333. The zero-order valence-electron chi connectivity index (χ0n) is 9.86. The summed E-state index contributed by atoms with van der Waals surface area (Å²) in [5, 5.41) is 11.6. The second-order valence-corrected chi connectivity index (χ2v) is 4.92. The molecule has 0 saturated carbocycles. The van der Waals surface area contributed by atoms with Crippen LogP contribution in [0.15, 0.2) is 23.1 Å². The number of hydrogen-bond donors (Lipinski definition) is 2. The molecular weight excluding hydrogens is 234 g/mol. The molecule has 0 saturated heterocycles. The second-order valence-electron chi connectivity index (χ2n) is 3.87. The lowest BCUT2D eigenvalue weighted by Crippen LogP contribution is -2.31. The number of nitrogens with one attached hydrogen (secondary N) is 1. The summed E-state index contributed by atoms with van der Waals surface area (Å²) in [6, 6.07) is 7.35. The molecule has 0 spiro atoms. The van der Waals surface area contributed by atoms with Gasteiger partial charge in [-0.2, -0.15) is 5.26 Å². The largest absolute Gasteiger partial charge is 0.398 e. The molecule has 1 rings (SSSR count). The van der Waals surface area contributed by atoms with E-state index in [0.717, 1.165) is 4.90 Å². The Labute approximate surface area is 105 Å². The Morgan fingerprint density at radius 3 is 2.88 bits per heavy atom. The highest BCUT2D eigenvalue weighted by Gasteiger charge is 2.06. The lowest BCUT2D eigenvalue weighted by molar-refractivity contribution is -0.119. The predicted molar refractivity (Wildman–Crippen MR) is 69.6 cm³/mol. The molecule has 0 fully saturated rings. The van der Waals surface area contributed by atoms with Crippen LogP contribution in [0.2, 0.25) is 0 Å². The van der Waals surface area contributed by atoms with Crippen molar-refractivity contribution in [2.24, 2.45) is 0 Å². The average molecular weight is 249 g/mol. The van der Waals surface area contributed by atoms with E-state index in [1.165, 1.54) is 11.8 Å². The Hall–Kier alpha value is -1.67. The van der Waals surface area contributed by atoms with Crippen molar-refractivity contribution in [1.82, 2.24) is 5.32 Å². The molecule has 0 unspecified atom stereocenters. The molecule has 0 aromatic heterocycles. The third kappa shape index (κ3) is 4.37. The van der Waals surface area contributed by atoms with E-state index in [-0.39, 0.29) is 11.9 Å². The number of benzene rings is 1. The number of carbonyl (C=O) groups is 1. The van der Waals surface area contributed by atoms with E-state index in [1.54, 1.807) is 12.1 Å². The summed E-state index contributed by atoms with van der Waals surface area (Å²) >= 11 is 1.39. The van der Waals surface area contributed by atoms with Gasteiger partial charge in [-0.15, -0.1) is 11.8 Å². The van der Waals surface area contributed by atoms with Crippen LogP contribution in [0.25, 0.3) is 0 Å². The van der Waals surface area contributed by atoms with Gasteiger partial charge in [0.15, 0.2) is 0 Å². The summed E-state index contributed by atoms with van der Waals surface area (Å²) in [4.78, 5) is 12.3. The van der Waals surface area contributed by atoms with Gasteiger partial charge in [0, 0.05) is 16.6 Å². The van der Waals surface area contributed by atoms with Gasteiger partial charge in [0.1, 0.15) is 6.07 Å². The maximum absolute atomic E-state index is 11.4. The molecule has 1 aromatic carbocycles. The van der Waals surface area contributed by atoms with Crippen LogP contribution in [0.3, 0.4) is 0 Å². The Bertz CT molecular complexity index is 452. The zero-order valence-corrected chi connectivity index (χ0v) is 10.7. The zero-order chi connectivity index (χ0) is 12.8. The fourth-order valence-electron chi connectivity index (χ4n) is 1.23. The number of hydrogen-bond acceptors (Lipinski definition) is 4. The SMILES string of the molecule is CC(C)NC(=O)CSc1ccc(N)c(C#N)c1. The molecule has 17 heavy (non-hydrogen) atoms.